The number of oxazole rings is 1. The van der Waals surface area contributed by atoms with Crippen LogP contribution in [0.15, 0.2) is 53.4 Å². The van der Waals surface area contributed by atoms with Crippen molar-refractivity contribution >= 4 is 34.6 Å². The van der Waals surface area contributed by atoms with Crippen LogP contribution in [0.2, 0.25) is 0 Å². The highest BCUT2D eigenvalue weighted by atomic mass is 32.1. The van der Waals surface area contributed by atoms with Gasteiger partial charge in [0, 0.05) is 12.1 Å². The van der Waals surface area contributed by atoms with Gasteiger partial charge in [0.2, 0.25) is 0 Å². The van der Waals surface area contributed by atoms with Gasteiger partial charge in [0.25, 0.3) is 5.91 Å². The summed E-state index contributed by atoms with van der Waals surface area (Å²) in [5, 5.41) is 9.20. The van der Waals surface area contributed by atoms with Gasteiger partial charge < -0.3 is 9.32 Å². The summed E-state index contributed by atoms with van der Waals surface area (Å²) in [4.78, 5) is 25.0. The molecular formula is C25H20F3N5O2S. The van der Waals surface area contributed by atoms with Crippen molar-refractivity contribution in [2.24, 2.45) is 0 Å². The van der Waals surface area contributed by atoms with Gasteiger partial charge in [0.15, 0.2) is 11.0 Å². The van der Waals surface area contributed by atoms with E-state index >= 15 is 0 Å². The lowest BCUT2D eigenvalue weighted by molar-refractivity contribution is -0.137. The summed E-state index contributed by atoms with van der Waals surface area (Å²) in [6.45, 7) is 0. The van der Waals surface area contributed by atoms with Gasteiger partial charge in [-0.3, -0.25) is 14.7 Å². The number of anilines is 2. The van der Waals surface area contributed by atoms with E-state index < -0.39 is 22.8 Å². The molecule has 0 unspecified atom stereocenters. The number of benzene rings is 1. The molecule has 7 nitrogen and oxygen atoms in total. The van der Waals surface area contributed by atoms with Crippen molar-refractivity contribution in [2.45, 2.75) is 50.2 Å². The van der Waals surface area contributed by atoms with E-state index in [1.807, 2.05) is 12.1 Å². The Morgan fingerprint density at radius 1 is 1.14 bits per heavy atom. The molecule has 184 valence electrons. The highest BCUT2D eigenvalue weighted by Gasteiger charge is 2.59. The van der Waals surface area contributed by atoms with E-state index in [0.717, 1.165) is 35.6 Å². The number of hydrogen-bond acceptors (Lipinski definition) is 6. The lowest BCUT2D eigenvalue weighted by Crippen LogP contribution is -2.55. The first-order valence-corrected chi connectivity index (χ1v) is 11.8. The number of halogens is 3. The summed E-state index contributed by atoms with van der Waals surface area (Å²) in [5.74, 6) is 0.294. The van der Waals surface area contributed by atoms with Crippen molar-refractivity contribution in [1.82, 2.24) is 9.97 Å². The SMILES string of the molecule is N#Cc1ccc(N2C(=O)C3(CCC3)N(c3ccc(CCCc4ncco4)nc3)C2=S)cc1C(F)(F)F. The fourth-order valence-electron chi connectivity index (χ4n) is 4.71. The number of carbonyl (C=O) groups excluding carboxylic acids is 1. The quantitative estimate of drug-likeness (QED) is 0.421. The molecule has 0 atom stereocenters. The molecule has 11 heteroatoms. The first-order chi connectivity index (χ1) is 17.2. The molecule has 2 aromatic heterocycles. The predicted molar refractivity (Wildman–Crippen MR) is 128 cm³/mol. The topological polar surface area (TPSA) is 86.3 Å². The molecule has 1 aliphatic carbocycles. The number of aryl methyl sites for hydroxylation is 2. The zero-order chi connectivity index (χ0) is 25.5. The second-order valence-electron chi connectivity index (χ2n) is 8.77. The lowest BCUT2D eigenvalue weighted by Gasteiger charge is -2.42. The largest absolute Gasteiger partial charge is 0.449 e. The third-order valence-electron chi connectivity index (χ3n) is 6.65. The van der Waals surface area contributed by atoms with Crippen LogP contribution in [-0.2, 0) is 23.8 Å². The van der Waals surface area contributed by atoms with E-state index in [-0.39, 0.29) is 16.7 Å². The minimum Gasteiger partial charge on any atom is -0.449 e. The number of carbonyl (C=O) groups is 1. The molecule has 3 aromatic rings. The van der Waals surface area contributed by atoms with Crippen LogP contribution in [0.4, 0.5) is 24.5 Å². The summed E-state index contributed by atoms with van der Waals surface area (Å²) < 4.78 is 45.9. The minimum absolute atomic E-state index is 0.0128. The normalized spacial score (nSPS) is 16.9. The maximum Gasteiger partial charge on any atom is 0.417 e. The average molecular weight is 512 g/mol. The van der Waals surface area contributed by atoms with E-state index in [1.54, 1.807) is 23.4 Å². The number of amides is 1. The number of nitriles is 1. The standard InChI is InChI=1S/C25H20F3N5O2S/c26-25(27,28)20-13-18(7-5-16(20)14-29)32-22(34)24(9-2-10-24)33(23(32)36)19-8-6-17(31-15-19)3-1-4-21-30-11-12-35-21/h5-8,11-13,15H,1-4,9-10H2. The molecule has 1 saturated heterocycles. The van der Waals surface area contributed by atoms with Gasteiger partial charge in [-0.15, -0.1) is 0 Å². The highest BCUT2D eigenvalue weighted by Crippen LogP contribution is 2.48. The van der Waals surface area contributed by atoms with Crippen LogP contribution in [-0.4, -0.2) is 26.5 Å². The van der Waals surface area contributed by atoms with Crippen LogP contribution in [0.5, 0.6) is 0 Å². The molecule has 1 saturated carbocycles. The molecule has 5 rings (SSSR count). The van der Waals surface area contributed by atoms with Crippen LogP contribution in [0, 0.1) is 11.3 Å². The fourth-order valence-corrected chi connectivity index (χ4v) is 5.17. The summed E-state index contributed by atoms with van der Waals surface area (Å²) in [5.41, 5.74) is -1.12. The zero-order valence-electron chi connectivity index (χ0n) is 19.0. The van der Waals surface area contributed by atoms with E-state index in [9.17, 15) is 18.0 Å². The van der Waals surface area contributed by atoms with Crippen LogP contribution in [0.25, 0.3) is 0 Å². The third-order valence-corrected chi connectivity index (χ3v) is 7.02. The maximum atomic E-state index is 13.6. The number of pyridine rings is 1. The van der Waals surface area contributed by atoms with Crippen molar-refractivity contribution in [3.63, 3.8) is 0 Å². The Labute approximate surface area is 210 Å². The number of alkyl halides is 3. The van der Waals surface area contributed by atoms with Crippen molar-refractivity contribution < 1.29 is 22.4 Å². The van der Waals surface area contributed by atoms with Crippen molar-refractivity contribution in [1.29, 1.82) is 5.26 Å². The zero-order valence-corrected chi connectivity index (χ0v) is 19.8. The van der Waals surface area contributed by atoms with Gasteiger partial charge >= 0.3 is 6.18 Å². The summed E-state index contributed by atoms with van der Waals surface area (Å²) >= 11 is 5.64. The van der Waals surface area contributed by atoms with E-state index in [0.29, 0.717) is 37.3 Å². The first-order valence-electron chi connectivity index (χ1n) is 11.4. The summed E-state index contributed by atoms with van der Waals surface area (Å²) in [7, 11) is 0. The van der Waals surface area contributed by atoms with Crippen LogP contribution >= 0.6 is 12.2 Å². The Morgan fingerprint density at radius 3 is 2.50 bits per heavy atom. The van der Waals surface area contributed by atoms with Gasteiger partial charge in [0.05, 0.1) is 41.0 Å². The maximum absolute atomic E-state index is 13.6. The van der Waals surface area contributed by atoms with Gasteiger partial charge in [-0.2, -0.15) is 18.4 Å². The van der Waals surface area contributed by atoms with Crippen LogP contribution in [0.3, 0.4) is 0 Å². The first kappa shape index (κ1) is 23.9. The molecule has 3 heterocycles. The molecule has 2 aliphatic rings. The third kappa shape index (κ3) is 4.01. The number of rotatable bonds is 6. The number of aromatic nitrogens is 2. The molecule has 2 fully saturated rings. The fraction of sp³-hybridized carbons (Fsp3) is 0.320. The van der Waals surface area contributed by atoms with Crippen LogP contribution in [0.1, 0.15) is 48.4 Å². The van der Waals surface area contributed by atoms with Gasteiger partial charge in [0.1, 0.15) is 11.8 Å². The average Bonchev–Trinajstić information content (AvgIpc) is 3.42. The van der Waals surface area contributed by atoms with E-state index in [1.165, 1.54) is 12.3 Å². The highest BCUT2D eigenvalue weighted by molar-refractivity contribution is 7.81. The number of thiocarbonyl (C=S) groups is 1. The number of hydrogen-bond donors (Lipinski definition) is 0. The Balaban J connectivity index is 1.41. The Kier molecular flexibility index (Phi) is 6.00. The van der Waals surface area contributed by atoms with E-state index in [4.69, 9.17) is 21.9 Å². The molecule has 0 N–H and O–H groups in total. The molecule has 1 amide bonds. The van der Waals surface area contributed by atoms with Crippen molar-refractivity contribution in [3.05, 3.63) is 71.7 Å². The van der Waals surface area contributed by atoms with Gasteiger partial charge in [-0.25, -0.2) is 4.98 Å². The number of nitrogens with zero attached hydrogens (tertiary/aromatic N) is 5. The molecule has 1 spiro atoms. The molecular weight excluding hydrogens is 491 g/mol. The predicted octanol–water partition coefficient (Wildman–Crippen LogP) is 5.20. The Hall–Kier alpha value is -3.78. The Bertz CT molecular complexity index is 1350. The smallest absolute Gasteiger partial charge is 0.417 e. The second-order valence-corrected chi connectivity index (χ2v) is 9.14. The lowest BCUT2D eigenvalue weighted by atomic mass is 9.75. The second kappa shape index (κ2) is 9.02. The molecule has 0 radical (unpaired) electrons. The summed E-state index contributed by atoms with van der Waals surface area (Å²) in [6, 6.07) is 8.45. The van der Waals surface area contributed by atoms with Crippen molar-refractivity contribution in [2.75, 3.05) is 9.80 Å². The summed E-state index contributed by atoms with van der Waals surface area (Å²) in [6.07, 6.45) is 4.07. The minimum atomic E-state index is -4.74. The Morgan fingerprint density at radius 2 is 1.92 bits per heavy atom. The molecule has 1 aliphatic heterocycles. The van der Waals surface area contributed by atoms with Gasteiger partial charge in [-0.1, -0.05) is 0 Å². The molecule has 0 bridgehead atoms. The molecule has 1 aromatic carbocycles. The molecule has 36 heavy (non-hydrogen) atoms. The van der Waals surface area contributed by atoms with Gasteiger partial charge in [-0.05, 0) is 74.7 Å². The van der Waals surface area contributed by atoms with E-state index in [2.05, 4.69) is 9.97 Å². The van der Waals surface area contributed by atoms with Crippen molar-refractivity contribution in [3.8, 4) is 6.07 Å². The van der Waals surface area contributed by atoms with Crippen LogP contribution < -0.4 is 9.80 Å². The monoisotopic (exact) mass is 511 g/mol.